The maximum absolute atomic E-state index is 12.9. The van der Waals surface area contributed by atoms with Gasteiger partial charge in [-0.25, -0.2) is 9.88 Å². The molecule has 3 aromatic rings. The number of Topliss-reactive ketones (excluding diaryl/α,β-unsaturated/α-hetero) is 1. The Balaban J connectivity index is 2.00. The van der Waals surface area contributed by atoms with E-state index in [1.165, 1.54) is 16.2 Å². The molecule has 24 heavy (non-hydrogen) atoms. The van der Waals surface area contributed by atoms with E-state index in [1.807, 2.05) is 49.6 Å². The number of thiazole rings is 1. The Hall–Kier alpha value is -2.79. The first-order chi connectivity index (χ1) is 11.6. The summed E-state index contributed by atoms with van der Waals surface area (Å²) in [5, 5.41) is 2.35. The van der Waals surface area contributed by atoms with Crippen molar-refractivity contribution in [3.63, 3.8) is 0 Å². The van der Waals surface area contributed by atoms with E-state index in [0.29, 0.717) is 16.4 Å². The van der Waals surface area contributed by atoms with Gasteiger partial charge < -0.3 is 0 Å². The maximum atomic E-state index is 12.9. The number of carbonyl (C=O) groups is 2. The summed E-state index contributed by atoms with van der Waals surface area (Å²) in [5.41, 5.74) is 2.85. The first-order valence-electron chi connectivity index (χ1n) is 7.49. The minimum Gasteiger partial charge on any atom is -0.283 e. The highest BCUT2D eigenvalue weighted by Crippen LogP contribution is 2.29. The summed E-state index contributed by atoms with van der Waals surface area (Å²) in [6.07, 6.45) is 0. The molecule has 0 unspecified atom stereocenters. The zero-order valence-corrected chi connectivity index (χ0v) is 14.2. The Morgan fingerprint density at radius 2 is 1.62 bits per heavy atom. The molecule has 1 heterocycles. The Kier molecular flexibility index (Phi) is 4.53. The number of hydrogen-bond donors (Lipinski definition) is 0. The summed E-state index contributed by atoms with van der Waals surface area (Å²) in [6.45, 7) is 3.79. The molecule has 1 aromatic heterocycles. The minimum absolute atomic E-state index is 0.375. The van der Waals surface area contributed by atoms with Crippen LogP contribution in [0.3, 0.4) is 0 Å². The highest BCUT2D eigenvalue weighted by Gasteiger charge is 2.27. The molecule has 0 bridgehead atoms. The van der Waals surface area contributed by atoms with Gasteiger partial charge in [0.15, 0.2) is 5.13 Å². The van der Waals surface area contributed by atoms with E-state index in [0.717, 1.165) is 11.3 Å². The lowest BCUT2D eigenvalue weighted by molar-refractivity contribution is -0.114. The zero-order valence-electron chi connectivity index (χ0n) is 13.4. The fourth-order valence-corrected chi connectivity index (χ4v) is 3.08. The van der Waals surface area contributed by atoms with Gasteiger partial charge in [0.2, 0.25) is 0 Å². The minimum atomic E-state index is -0.612. The fourth-order valence-electron chi connectivity index (χ4n) is 2.27. The van der Waals surface area contributed by atoms with Crippen LogP contribution in [0.25, 0.3) is 0 Å². The molecule has 3 rings (SSSR count). The van der Waals surface area contributed by atoms with Crippen molar-refractivity contribution in [1.29, 1.82) is 0 Å². The normalized spacial score (nSPS) is 10.4. The van der Waals surface area contributed by atoms with Gasteiger partial charge in [0.25, 0.3) is 5.78 Å². The predicted molar refractivity (Wildman–Crippen MR) is 95.9 cm³/mol. The molecular formula is C19H16N2O2S. The van der Waals surface area contributed by atoms with Crippen molar-refractivity contribution < 1.29 is 9.59 Å². The number of rotatable bonds is 4. The third kappa shape index (κ3) is 3.26. The maximum Gasteiger partial charge on any atom is 0.305 e. The number of para-hydroxylation sites is 1. The van der Waals surface area contributed by atoms with Gasteiger partial charge in [0.1, 0.15) is 0 Å². The van der Waals surface area contributed by atoms with E-state index in [9.17, 15) is 9.59 Å². The summed E-state index contributed by atoms with van der Waals surface area (Å²) >= 11 is 1.34. The summed E-state index contributed by atoms with van der Waals surface area (Å²) in [5.74, 6) is -1.16. The SMILES string of the molecule is Cc1ccc(C(=O)C(=O)N(c2ccccc2)c2nc(C)cs2)cc1. The molecule has 0 saturated heterocycles. The Morgan fingerprint density at radius 3 is 2.21 bits per heavy atom. The van der Waals surface area contributed by atoms with Gasteiger partial charge >= 0.3 is 5.91 Å². The summed E-state index contributed by atoms with van der Waals surface area (Å²) in [7, 11) is 0. The van der Waals surface area contributed by atoms with Gasteiger partial charge in [0.05, 0.1) is 11.4 Å². The highest BCUT2D eigenvalue weighted by molar-refractivity contribution is 7.14. The molecule has 5 heteroatoms. The highest BCUT2D eigenvalue weighted by atomic mass is 32.1. The molecule has 0 atom stereocenters. The van der Waals surface area contributed by atoms with Crippen LogP contribution in [0.15, 0.2) is 60.0 Å². The van der Waals surface area contributed by atoms with Crippen LogP contribution in [-0.2, 0) is 4.79 Å². The van der Waals surface area contributed by atoms with Crippen molar-refractivity contribution in [3.8, 4) is 0 Å². The number of carbonyl (C=O) groups excluding carboxylic acids is 2. The number of aryl methyl sites for hydroxylation is 2. The van der Waals surface area contributed by atoms with Gasteiger partial charge in [-0.1, -0.05) is 48.0 Å². The van der Waals surface area contributed by atoms with Gasteiger partial charge in [-0.3, -0.25) is 9.59 Å². The topological polar surface area (TPSA) is 50.3 Å². The molecular weight excluding hydrogens is 320 g/mol. The van der Waals surface area contributed by atoms with Crippen LogP contribution < -0.4 is 4.90 Å². The second-order valence-electron chi connectivity index (χ2n) is 5.44. The van der Waals surface area contributed by atoms with E-state index in [2.05, 4.69) is 4.98 Å². The molecule has 0 saturated carbocycles. The van der Waals surface area contributed by atoms with Crippen LogP contribution in [0.2, 0.25) is 0 Å². The van der Waals surface area contributed by atoms with Crippen molar-refractivity contribution in [2.75, 3.05) is 4.90 Å². The van der Waals surface area contributed by atoms with E-state index in [4.69, 9.17) is 0 Å². The lowest BCUT2D eigenvalue weighted by Crippen LogP contribution is -2.32. The number of anilines is 2. The van der Waals surface area contributed by atoms with Gasteiger partial charge in [0, 0.05) is 10.9 Å². The molecule has 2 aromatic carbocycles. The second-order valence-corrected chi connectivity index (χ2v) is 6.28. The quantitative estimate of drug-likeness (QED) is 0.527. The van der Waals surface area contributed by atoms with Crippen LogP contribution >= 0.6 is 11.3 Å². The molecule has 0 N–H and O–H groups in total. The first-order valence-corrected chi connectivity index (χ1v) is 8.37. The van der Waals surface area contributed by atoms with E-state index < -0.39 is 11.7 Å². The zero-order chi connectivity index (χ0) is 17.1. The van der Waals surface area contributed by atoms with Gasteiger partial charge in [-0.2, -0.15) is 0 Å². The van der Waals surface area contributed by atoms with Crippen molar-refractivity contribution in [1.82, 2.24) is 4.98 Å². The molecule has 120 valence electrons. The molecule has 0 aliphatic carbocycles. The van der Waals surface area contributed by atoms with E-state index in [-0.39, 0.29) is 0 Å². The Labute approximate surface area is 144 Å². The first kappa shape index (κ1) is 16.1. The summed E-state index contributed by atoms with van der Waals surface area (Å²) in [6, 6.07) is 16.1. The standard InChI is InChI=1S/C19H16N2O2S/c1-13-8-10-15(11-9-13)17(22)18(23)21(16-6-4-3-5-7-16)19-20-14(2)12-24-19/h3-12H,1-2H3. The van der Waals surface area contributed by atoms with E-state index in [1.54, 1.807) is 24.3 Å². The number of hydrogen-bond acceptors (Lipinski definition) is 4. The average Bonchev–Trinajstić information content (AvgIpc) is 3.02. The van der Waals surface area contributed by atoms with Gasteiger partial charge in [-0.15, -0.1) is 11.3 Å². The van der Waals surface area contributed by atoms with Crippen molar-refractivity contribution in [2.45, 2.75) is 13.8 Å². The number of nitrogens with zero attached hydrogens (tertiary/aromatic N) is 2. The number of amides is 1. The largest absolute Gasteiger partial charge is 0.305 e. The van der Waals surface area contributed by atoms with Crippen LogP contribution in [0.4, 0.5) is 10.8 Å². The fraction of sp³-hybridized carbons (Fsp3) is 0.105. The van der Waals surface area contributed by atoms with Gasteiger partial charge in [-0.05, 0) is 26.0 Å². The Morgan fingerprint density at radius 1 is 0.958 bits per heavy atom. The third-order valence-electron chi connectivity index (χ3n) is 3.52. The smallest absolute Gasteiger partial charge is 0.283 e. The van der Waals surface area contributed by atoms with Crippen LogP contribution in [0.5, 0.6) is 0 Å². The molecule has 0 aliphatic rings. The second kappa shape index (κ2) is 6.76. The van der Waals surface area contributed by atoms with Crippen molar-refractivity contribution in [2.24, 2.45) is 0 Å². The monoisotopic (exact) mass is 336 g/mol. The van der Waals surface area contributed by atoms with Crippen molar-refractivity contribution >= 4 is 33.8 Å². The third-order valence-corrected chi connectivity index (χ3v) is 4.47. The van der Waals surface area contributed by atoms with Crippen LogP contribution in [0.1, 0.15) is 21.6 Å². The molecule has 0 spiro atoms. The lowest BCUT2D eigenvalue weighted by Gasteiger charge is -2.19. The average molecular weight is 336 g/mol. The summed E-state index contributed by atoms with van der Waals surface area (Å²) in [4.78, 5) is 31.3. The molecule has 1 amide bonds. The van der Waals surface area contributed by atoms with Crippen LogP contribution in [-0.4, -0.2) is 16.7 Å². The molecule has 0 fully saturated rings. The Bertz CT molecular complexity index is 870. The number of ketones is 1. The van der Waals surface area contributed by atoms with Crippen LogP contribution in [0, 0.1) is 13.8 Å². The summed E-state index contributed by atoms with van der Waals surface area (Å²) < 4.78 is 0. The van der Waals surface area contributed by atoms with Crippen molar-refractivity contribution in [3.05, 3.63) is 76.8 Å². The molecule has 4 nitrogen and oxygen atoms in total. The lowest BCUT2D eigenvalue weighted by atomic mass is 10.1. The number of benzene rings is 2. The predicted octanol–water partition coefficient (Wildman–Crippen LogP) is 4.31. The van der Waals surface area contributed by atoms with E-state index >= 15 is 0 Å². The molecule has 0 radical (unpaired) electrons. The molecule has 0 aliphatic heterocycles. The number of aromatic nitrogens is 1.